The van der Waals surface area contributed by atoms with Crippen molar-refractivity contribution in [3.8, 4) is 0 Å². The second-order valence-electron chi connectivity index (χ2n) is 5.18. The van der Waals surface area contributed by atoms with Crippen molar-refractivity contribution in [2.75, 3.05) is 13.1 Å². The Labute approximate surface area is 130 Å². The van der Waals surface area contributed by atoms with E-state index in [2.05, 4.69) is 10.6 Å². The zero-order valence-corrected chi connectivity index (χ0v) is 12.9. The van der Waals surface area contributed by atoms with Gasteiger partial charge in [-0.3, -0.25) is 4.79 Å². The van der Waals surface area contributed by atoms with Crippen LogP contribution in [0.25, 0.3) is 0 Å². The second-order valence-corrected chi connectivity index (χ2v) is 6.00. The molecule has 0 unspecified atom stereocenters. The van der Waals surface area contributed by atoms with Gasteiger partial charge in [0.25, 0.3) is 0 Å². The number of carbonyl (C=O) groups excluding carboxylic acids is 1. The molecular weight excluding hydrogens is 295 g/mol. The Morgan fingerprint density at radius 1 is 1.25 bits per heavy atom. The zero-order chi connectivity index (χ0) is 14.4. The van der Waals surface area contributed by atoms with Gasteiger partial charge in [-0.15, -0.1) is 0 Å². The first-order valence-electron chi connectivity index (χ1n) is 7.10. The van der Waals surface area contributed by atoms with Crippen molar-refractivity contribution in [2.45, 2.75) is 38.1 Å². The lowest BCUT2D eigenvalue weighted by atomic mass is 10.1. The van der Waals surface area contributed by atoms with Gasteiger partial charge in [0.1, 0.15) is 0 Å². The van der Waals surface area contributed by atoms with Crippen molar-refractivity contribution in [1.29, 1.82) is 0 Å². The number of hydrogen-bond donors (Lipinski definition) is 2. The molecule has 5 heteroatoms. The zero-order valence-electron chi connectivity index (χ0n) is 11.4. The fourth-order valence-electron chi connectivity index (χ4n) is 2.44. The van der Waals surface area contributed by atoms with E-state index in [1.807, 2.05) is 0 Å². The van der Waals surface area contributed by atoms with Gasteiger partial charge >= 0.3 is 0 Å². The van der Waals surface area contributed by atoms with E-state index in [0.29, 0.717) is 28.2 Å². The largest absolute Gasteiger partial charge is 0.354 e. The van der Waals surface area contributed by atoms with E-state index in [4.69, 9.17) is 23.2 Å². The molecule has 0 saturated carbocycles. The molecule has 1 atom stereocenters. The molecule has 1 saturated heterocycles. The molecule has 3 nitrogen and oxygen atoms in total. The summed E-state index contributed by atoms with van der Waals surface area (Å²) in [6, 6.07) is 5.66. The smallest absolute Gasteiger partial charge is 0.224 e. The van der Waals surface area contributed by atoms with Gasteiger partial charge in [-0.2, -0.15) is 0 Å². The molecule has 2 rings (SSSR count). The molecule has 1 aliphatic rings. The fraction of sp³-hybridized carbons (Fsp3) is 0.533. The minimum absolute atomic E-state index is 0.0361. The van der Waals surface area contributed by atoms with Gasteiger partial charge in [0.15, 0.2) is 0 Å². The Morgan fingerprint density at radius 2 is 2.00 bits per heavy atom. The second kappa shape index (κ2) is 7.87. The molecule has 1 amide bonds. The van der Waals surface area contributed by atoms with Crippen molar-refractivity contribution < 1.29 is 4.79 Å². The van der Waals surface area contributed by atoms with Crippen molar-refractivity contribution in [3.63, 3.8) is 0 Å². The first-order chi connectivity index (χ1) is 9.66. The number of rotatable bonds is 4. The summed E-state index contributed by atoms with van der Waals surface area (Å²) < 4.78 is 0. The molecule has 0 bridgehead atoms. The van der Waals surface area contributed by atoms with Crippen LogP contribution in [0.1, 0.15) is 31.2 Å². The van der Waals surface area contributed by atoms with Crippen LogP contribution in [0.15, 0.2) is 18.2 Å². The van der Waals surface area contributed by atoms with Gasteiger partial charge in [-0.1, -0.05) is 42.1 Å². The van der Waals surface area contributed by atoms with Gasteiger partial charge in [0.05, 0.1) is 6.42 Å². The van der Waals surface area contributed by atoms with Gasteiger partial charge in [0, 0.05) is 22.6 Å². The van der Waals surface area contributed by atoms with Crippen molar-refractivity contribution in [3.05, 3.63) is 33.8 Å². The monoisotopic (exact) mass is 314 g/mol. The van der Waals surface area contributed by atoms with E-state index in [1.54, 1.807) is 18.2 Å². The van der Waals surface area contributed by atoms with Crippen LogP contribution in [0.5, 0.6) is 0 Å². The number of halogens is 2. The molecule has 1 aromatic rings. The van der Waals surface area contributed by atoms with Crippen LogP contribution in [0.2, 0.25) is 10.0 Å². The average Bonchev–Trinajstić information content (AvgIpc) is 2.69. The van der Waals surface area contributed by atoms with Crippen molar-refractivity contribution in [2.24, 2.45) is 0 Å². The standard InChI is InChI=1S/C15H20Cl2N2O/c16-13-6-4-7-14(17)12(13)9-15(20)19-10-11-5-2-1-3-8-18-11/h4,6-7,11,18H,1-3,5,8-10H2,(H,19,20)/t11-/m1/s1. The maximum absolute atomic E-state index is 12.0. The summed E-state index contributed by atoms with van der Waals surface area (Å²) in [4.78, 5) is 12.0. The predicted octanol–water partition coefficient (Wildman–Crippen LogP) is 3.18. The van der Waals surface area contributed by atoms with Gasteiger partial charge in [-0.25, -0.2) is 0 Å². The summed E-state index contributed by atoms with van der Waals surface area (Å²) in [7, 11) is 0. The minimum atomic E-state index is -0.0361. The van der Waals surface area contributed by atoms with Gasteiger partial charge < -0.3 is 10.6 Å². The maximum atomic E-state index is 12.0. The minimum Gasteiger partial charge on any atom is -0.354 e. The molecule has 0 aromatic heterocycles. The van der Waals surface area contributed by atoms with Crippen LogP contribution >= 0.6 is 23.2 Å². The number of carbonyl (C=O) groups is 1. The van der Waals surface area contributed by atoms with E-state index >= 15 is 0 Å². The van der Waals surface area contributed by atoms with Gasteiger partial charge in [-0.05, 0) is 37.1 Å². The molecule has 110 valence electrons. The van der Waals surface area contributed by atoms with E-state index < -0.39 is 0 Å². The van der Waals surface area contributed by atoms with E-state index in [0.717, 1.165) is 13.0 Å². The first-order valence-corrected chi connectivity index (χ1v) is 7.85. The van der Waals surface area contributed by atoms with E-state index in [9.17, 15) is 4.79 Å². The summed E-state index contributed by atoms with van der Waals surface area (Å²) in [5, 5.41) is 7.50. The molecule has 0 spiro atoms. The molecule has 1 aliphatic heterocycles. The lowest BCUT2D eigenvalue weighted by Crippen LogP contribution is -2.40. The molecular formula is C15H20Cl2N2O. The summed E-state index contributed by atoms with van der Waals surface area (Å²) in [5.41, 5.74) is 0.696. The van der Waals surface area contributed by atoms with E-state index in [1.165, 1.54) is 19.3 Å². The van der Waals surface area contributed by atoms with E-state index in [-0.39, 0.29) is 12.3 Å². The van der Waals surface area contributed by atoms with Crippen molar-refractivity contribution >= 4 is 29.1 Å². The number of amides is 1. The Bertz CT molecular complexity index is 437. The SMILES string of the molecule is O=C(Cc1c(Cl)cccc1Cl)NC[C@H]1CCCCCN1. The molecule has 1 heterocycles. The lowest BCUT2D eigenvalue weighted by Gasteiger charge is -2.16. The normalized spacial score (nSPS) is 19.4. The third-order valence-corrected chi connectivity index (χ3v) is 4.32. The number of nitrogens with one attached hydrogen (secondary N) is 2. The first kappa shape index (κ1) is 15.6. The third-order valence-electron chi connectivity index (χ3n) is 3.61. The highest BCUT2D eigenvalue weighted by Crippen LogP contribution is 2.24. The van der Waals surface area contributed by atoms with Crippen LogP contribution in [0.3, 0.4) is 0 Å². The highest BCUT2D eigenvalue weighted by molar-refractivity contribution is 6.36. The summed E-state index contributed by atoms with van der Waals surface area (Å²) in [6.07, 6.45) is 5.06. The third kappa shape index (κ3) is 4.65. The Balaban J connectivity index is 1.83. The molecule has 1 aromatic carbocycles. The summed E-state index contributed by atoms with van der Waals surface area (Å²) in [6.45, 7) is 1.71. The fourth-order valence-corrected chi connectivity index (χ4v) is 2.97. The molecule has 20 heavy (non-hydrogen) atoms. The van der Waals surface area contributed by atoms with Crippen LogP contribution in [-0.2, 0) is 11.2 Å². The quantitative estimate of drug-likeness (QED) is 0.896. The molecule has 0 radical (unpaired) electrons. The Morgan fingerprint density at radius 3 is 2.75 bits per heavy atom. The van der Waals surface area contributed by atoms with Crippen LogP contribution in [-0.4, -0.2) is 25.0 Å². The highest BCUT2D eigenvalue weighted by Gasteiger charge is 2.14. The predicted molar refractivity (Wildman–Crippen MR) is 83.4 cm³/mol. The number of benzene rings is 1. The Kier molecular flexibility index (Phi) is 6.14. The van der Waals surface area contributed by atoms with Crippen LogP contribution in [0.4, 0.5) is 0 Å². The lowest BCUT2D eigenvalue weighted by molar-refractivity contribution is -0.120. The highest BCUT2D eigenvalue weighted by atomic mass is 35.5. The van der Waals surface area contributed by atoms with Crippen LogP contribution in [0, 0.1) is 0 Å². The summed E-state index contributed by atoms with van der Waals surface area (Å²) in [5.74, 6) is -0.0361. The van der Waals surface area contributed by atoms with Crippen molar-refractivity contribution in [1.82, 2.24) is 10.6 Å². The number of hydrogen-bond acceptors (Lipinski definition) is 2. The Hall–Kier alpha value is -0.770. The molecule has 1 fully saturated rings. The van der Waals surface area contributed by atoms with Gasteiger partial charge in [0.2, 0.25) is 5.91 Å². The average molecular weight is 315 g/mol. The summed E-state index contributed by atoms with van der Waals surface area (Å²) >= 11 is 12.1. The topological polar surface area (TPSA) is 41.1 Å². The maximum Gasteiger partial charge on any atom is 0.224 e. The van der Waals surface area contributed by atoms with Crippen LogP contribution < -0.4 is 10.6 Å². The molecule has 2 N–H and O–H groups in total. The molecule has 0 aliphatic carbocycles.